The first-order valence-corrected chi connectivity index (χ1v) is 7.74. The van der Waals surface area contributed by atoms with Crippen molar-refractivity contribution in [1.29, 1.82) is 0 Å². The van der Waals surface area contributed by atoms with Crippen LogP contribution in [0.3, 0.4) is 0 Å². The van der Waals surface area contributed by atoms with Gasteiger partial charge >= 0.3 is 0 Å². The van der Waals surface area contributed by atoms with Gasteiger partial charge in [-0.1, -0.05) is 37.8 Å². The fraction of sp³-hybridized carbons (Fsp3) is 0.647. The molecule has 1 aromatic carbocycles. The quantitative estimate of drug-likeness (QED) is 0.735. The van der Waals surface area contributed by atoms with Crippen molar-refractivity contribution in [2.24, 2.45) is 0 Å². The molecule has 19 heavy (non-hydrogen) atoms. The Kier molecular flexibility index (Phi) is 6.22. The van der Waals surface area contributed by atoms with Crippen molar-refractivity contribution in [3.63, 3.8) is 0 Å². The first-order valence-electron chi connectivity index (χ1n) is 7.74. The number of aromatic hydroxyl groups is 1. The standard InChI is InChI=1S/C17H26O2/c18-16-12-10-15(11-13-16)7-3-2-6-14-19-17-8-4-1-5-9-17/h10-13,17-18H,1-9,14H2. The van der Waals surface area contributed by atoms with E-state index in [0.717, 1.165) is 13.0 Å². The molecule has 1 aliphatic rings. The summed E-state index contributed by atoms with van der Waals surface area (Å²) in [6.45, 7) is 0.931. The molecule has 0 aliphatic heterocycles. The number of hydrogen-bond donors (Lipinski definition) is 1. The number of hydrogen-bond acceptors (Lipinski definition) is 2. The third-order valence-corrected chi connectivity index (χ3v) is 3.95. The molecule has 106 valence electrons. The van der Waals surface area contributed by atoms with Crippen molar-refractivity contribution in [3.05, 3.63) is 29.8 Å². The molecule has 1 aliphatic carbocycles. The molecular formula is C17H26O2. The lowest BCUT2D eigenvalue weighted by Gasteiger charge is -2.21. The zero-order valence-electron chi connectivity index (χ0n) is 11.8. The van der Waals surface area contributed by atoms with Gasteiger partial charge in [-0.15, -0.1) is 0 Å². The Bertz CT molecular complexity index is 339. The van der Waals surface area contributed by atoms with Crippen molar-refractivity contribution in [3.8, 4) is 5.75 Å². The predicted octanol–water partition coefficient (Wildman–Crippen LogP) is 4.45. The smallest absolute Gasteiger partial charge is 0.115 e. The highest BCUT2D eigenvalue weighted by Gasteiger charge is 2.12. The SMILES string of the molecule is Oc1ccc(CCCCCOC2CCCCC2)cc1. The van der Waals surface area contributed by atoms with E-state index >= 15 is 0 Å². The van der Waals surface area contributed by atoms with E-state index in [4.69, 9.17) is 4.74 Å². The van der Waals surface area contributed by atoms with E-state index in [1.807, 2.05) is 12.1 Å². The molecule has 1 saturated carbocycles. The monoisotopic (exact) mass is 262 g/mol. The van der Waals surface area contributed by atoms with Gasteiger partial charge in [0.1, 0.15) is 5.75 Å². The number of benzene rings is 1. The Hall–Kier alpha value is -1.02. The summed E-state index contributed by atoms with van der Waals surface area (Å²) in [6, 6.07) is 7.55. The average Bonchev–Trinajstić information content (AvgIpc) is 2.46. The highest BCUT2D eigenvalue weighted by atomic mass is 16.5. The van der Waals surface area contributed by atoms with Crippen molar-refractivity contribution in [2.45, 2.75) is 63.9 Å². The second-order valence-corrected chi connectivity index (χ2v) is 5.61. The van der Waals surface area contributed by atoms with Gasteiger partial charge in [0, 0.05) is 6.61 Å². The van der Waals surface area contributed by atoms with Gasteiger partial charge in [-0.25, -0.2) is 0 Å². The molecule has 0 radical (unpaired) electrons. The highest BCUT2D eigenvalue weighted by Crippen LogP contribution is 2.20. The summed E-state index contributed by atoms with van der Waals surface area (Å²) in [4.78, 5) is 0. The molecule has 0 unspecified atom stereocenters. The maximum absolute atomic E-state index is 9.21. The largest absolute Gasteiger partial charge is 0.508 e. The average molecular weight is 262 g/mol. The molecule has 0 spiro atoms. The summed E-state index contributed by atoms with van der Waals surface area (Å²) in [5.41, 5.74) is 1.31. The second kappa shape index (κ2) is 8.21. The molecule has 2 nitrogen and oxygen atoms in total. The summed E-state index contributed by atoms with van der Waals surface area (Å²) in [5.74, 6) is 0.352. The van der Waals surface area contributed by atoms with Crippen LogP contribution in [0.25, 0.3) is 0 Å². The van der Waals surface area contributed by atoms with Crippen LogP contribution >= 0.6 is 0 Å². The van der Waals surface area contributed by atoms with Crippen LogP contribution in [-0.2, 0) is 11.2 Å². The second-order valence-electron chi connectivity index (χ2n) is 5.61. The van der Waals surface area contributed by atoms with Gasteiger partial charge in [0.15, 0.2) is 0 Å². The lowest BCUT2D eigenvalue weighted by atomic mass is 9.98. The van der Waals surface area contributed by atoms with Crippen LogP contribution < -0.4 is 0 Å². The molecule has 0 aromatic heterocycles. The van der Waals surface area contributed by atoms with E-state index in [2.05, 4.69) is 0 Å². The lowest BCUT2D eigenvalue weighted by Crippen LogP contribution is -2.17. The van der Waals surface area contributed by atoms with Crippen molar-refractivity contribution < 1.29 is 9.84 Å². The van der Waals surface area contributed by atoms with Crippen LogP contribution in [0.2, 0.25) is 0 Å². The number of aryl methyl sites for hydroxylation is 1. The maximum Gasteiger partial charge on any atom is 0.115 e. The molecule has 0 amide bonds. The van der Waals surface area contributed by atoms with E-state index in [9.17, 15) is 5.11 Å². The number of ether oxygens (including phenoxy) is 1. The lowest BCUT2D eigenvalue weighted by molar-refractivity contribution is 0.0263. The summed E-state index contributed by atoms with van der Waals surface area (Å²) in [6.07, 6.45) is 11.9. The molecule has 0 atom stereocenters. The summed E-state index contributed by atoms with van der Waals surface area (Å²) < 4.78 is 5.92. The highest BCUT2D eigenvalue weighted by molar-refractivity contribution is 5.25. The fourth-order valence-electron chi connectivity index (χ4n) is 2.75. The van der Waals surface area contributed by atoms with Gasteiger partial charge in [0.25, 0.3) is 0 Å². The molecule has 0 saturated heterocycles. The molecule has 1 aromatic rings. The van der Waals surface area contributed by atoms with Gasteiger partial charge in [-0.2, -0.15) is 0 Å². The normalized spacial score (nSPS) is 16.6. The van der Waals surface area contributed by atoms with E-state index in [0.29, 0.717) is 11.9 Å². The number of unbranched alkanes of at least 4 members (excludes halogenated alkanes) is 2. The number of phenolic OH excluding ortho intramolecular Hbond substituents is 1. The number of phenols is 1. The molecule has 1 fully saturated rings. The Balaban J connectivity index is 1.49. The van der Waals surface area contributed by atoms with Gasteiger partial charge in [0.05, 0.1) is 6.10 Å². The molecule has 2 rings (SSSR count). The van der Waals surface area contributed by atoms with Gasteiger partial charge in [0.2, 0.25) is 0 Å². The van der Waals surface area contributed by atoms with Crippen LogP contribution in [0, 0.1) is 0 Å². The third-order valence-electron chi connectivity index (χ3n) is 3.95. The van der Waals surface area contributed by atoms with Crippen molar-refractivity contribution in [1.82, 2.24) is 0 Å². The van der Waals surface area contributed by atoms with Crippen molar-refractivity contribution in [2.75, 3.05) is 6.61 Å². The molecule has 0 bridgehead atoms. The maximum atomic E-state index is 9.21. The Labute approximate surface area is 116 Å². The van der Waals surface area contributed by atoms with Crippen LogP contribution in [0.5, 0.6) is 5.75 Å². The van der Waals surface area contributed by atoms with Gasteiger partial charge in [-0.3, -0.25) is 0 Å². The van der Waals surface area contributed by atoms with E-state index < -0.39 is 0 Å². The minimum absolute atomic E-state index is 0.352. The summed E-state index contributed by atoms with van der Waals surface area (Å²) >= 11 is 0. The van der Waals surface area contributed by atoms with Crippen molar-refractivity contribution >= 4 is 0 Å². The fourth-order valence-corrected chi connectivity index (χ4v) is 2.75. The van der Waals surface area contributed by atoms with Gasteiger partial charge < -0.3 is 9.84 Å². The minimum atomic E-state index is 0.352. The van der Waals surface area contributed by atoms with E-state index in [1.54, 1.807) is 12.1 Å². The molecule has 0 heterocycles. The van der Waals surface area contributed by atoms with E-state index in [-0.39, 0.29) is 0 Å². The summed E-state index contributed by atoms with van der Waals surface area (Å²) in [5, 5.41) is 9.21. The summed E-state index contributed by atoms with van der Waals surface area (Å²) in [7, 11) is 0. The Morgan fingerprint density at radius 1 is 0.947 bits per heavy atom. The first kappa shape index (κ1) is 14.4. The zero-order valence-corrected chi connectivity index (χ0v) is 11.8. The first-order chi connectivity index (χ1) is 9.34. The van der Waals surface area contributed by atoms with Gasteiger partial charge in [-0.05, 0) is 49.8 Å². The molecular weight excluding hydrogens is 236 g/mol. The molecule has 1 N–H and O–H groups in total. The zero-order chi connectivity index (χ0) is 13.3. The number of rotatable bonds is 7. The molecule has 2 heteroatoms. The predicted molar refractivity (Wildman–Crippen MR) is 78.5 cm³/mol. The van der Waals surface area contributed by atoms with Crippen LogP contribution in [0.15, 0.2) is 24.3 Å². The van der Waals surface area contributed by atoms with E-state index in [1.165, 1.54) is 56.9 Å². The van der Waals surface area contributed by atoms with Crippen LogP contribution in [-0.4, -0.2) is 17.8 Å². The Morgan fingerprint density at radius 3 is 2.42 bits per heavy atom. The topological polar surface area (TPSA) is 29.5 Å². The van der Waals surface area contributed by atoms with Crippen LogP contribution in [0.1, 0.15) is 56.9 Å². The third kappa shape index (κ3) is 5.65. The minimum Gasteiger partial charge on any atom is -0.508 e. The Morgan fingerprint density at radius 2 is 1.68 bits per heavy atom. The van der Waals surface area contributed by atoms with Crippen LogP contribution in [0.4, 0.5) is 0 Å².